The molecule has 9 heteroatoms. The van der Waals surface area contributed by atoms with Crippen molar-refractivity contribution in [2.75, 3.05) is 52.0 Å². The van der Waals surface area contributed by atoms with E-state index >= 15 is 0 Å². The van der Waals surface area contributed by atoms with Gasteiger partial charge in [-0.1, -0.05) is 12.1 Å². The summed E-state index contributed by atoms with van der Waals surface area (Å²) < 4.78 is 1.92. The molecule has 188 valence electrons. The molecule has 0 atom stereocenters. The van der Waals surface area contributed by atoms with Gasteiger partial charge in [-0.05, 0) is 56.8 Å². The highest BCUT2D eigenvalue weighted by Gasteiger charge is 2.19. The van der Waals surface area contributed by atoms with E-state index in [-0.39, 0.29) is 5.91 Å². The van der Waals surface area contributed by atoms with Gasteiger partial charge in [0.15, 0.2) is 0 Å². The number of carbonyl (C=O) groups excluding carboxylic acids is 1. The van der Waals surface area contributed by atoms with Crippen molar-refractivity contribution in [3.63, 3.8) is 0 Å². The Kier molecular flexibility index (Phi) is 7.02. The molecular formula is C27H34N8O. The molecule has 1 aliphatic heterocycles. The van der Waals surface area contributed by atoms with Crippen molar-refractivity contribution in [1.82, 2.24) is 34.9 Å². The number of fused-ring (bicyclic) bond motifs is 1. The Morgan fingerprint density at radius 1 is 1.11 bits per heavy atom. The van der Waals surface area contributed by atoms with E-state index in [9.17, 15) is 4.79 Å². The van der Waals surface area contributed by atoms with Crippen LogP contribution in [0.4, 0.5) is 5.69 Å². The fourth-order valence-electron chi connectivity index (χ4n) is 4.69. The summed E-state index contributed by atoms with van der Waals surface area (Å²) in [4.78, 5) is 25.4. The number of piperazine rings is 1. The Morgan fingerprint density at radius 2 is 1.89 bits per heavy atom. The molecule has 9 nitrogen and oxygen atoms in total. The van der Waals surface area contributed by atoms with Crippen LogP contribution in [0.2, 0.25) is 0 Å². The number of nitrogens with one attached hydrogen (secondary N) is 2. The number of nitrogens with two attached hydrogens (primary N) is 1. The molecule has 4 N–H and O–H groups in total. The molecule has 0 spiro atoms. The number of nitrogen functional groups attached to an aromatic ring is 1. The summed E-state index contributed by atoms with van der Waals surface area (Å²) in [6.07, 6.45) is 4.74. The van der Waals surface area contributed by atoms with Gasteiger partial charge < -0.3 is 25.8 Å². The van der Waals surface area contributed by atoms with Crippen LogP contribution >= 0.6 is 0 Å². The smallest absolute Gasteiger partial charge is 0.267 e. The standard InChI is InChI=1S/C27H34N8O/c1-3-35-18-23(25(32-35)19-5-7-20(28)8-6-19)21-9-11-29-26-22(21)17-24(31-26)27(36)30-10-4-12-34-15-13-33(2)14-16-34/h5-9,11,17-18H,3-4,10,12-16,28H2,1-2H3,(H,29,31)(H,30,36). The molecule has 3 aromatic heterocycles. The number of H-pyrrole nitrogens is 1. The summed E-state index contributed by atoms with van der Waals surface area (Å²) in [6, 6.07) is 11.6. The zero-order chi connectivity index (χ0) is 25.1. The van der Waals surface area contributed by atoms with Crippen molar-refractivity contribution >= 4 is 22.6 Å². The van der Waals surface area contributed by atoms with Gasteiger partial charge in [-0.3, -0.25) is 9.48 Å². The highest BCUT2D eigenvalue weighted by atomic mass is 16.1. The van der Waals surface area contributed by atoms with Crippen LogP contribution in [0.15, 0.2) is 48.8 Å². The Balaban J connectivity index is 1.34. The first-order valence-corrected chi connectivity index (χ1v) is 12.6. The van der Waals surface area contributed by atoms with Gasteiger partial charge in [-0.15, -0.1) is 0 Å². The summed E-state index contributed by atoms with van der Waals surface area (Å²) in [5.74, 6) is -0.111. The van der Waals surface area contributed by atoms with Crippen LogP contribution in [0.5, 0.6) is 0 Å². The van der Waals surface area contributed by atoms with E-state index in [1.165, 1.54) is 0 Å². The first-order valence-electron chi connectivity index (χ1n) is 12.6. The van der Waals surface area contributed by atoms with Crippen LogP contribution in [-0.4, -0.2) is 81.8 Å². The molecule has 1 amide bonds. The van der Waals surface area contributed by atoms with Crippen LogP contribution in [-0.2, 0) is 6.54 Å². The van der Waals surface area contributed by atoms with Crippen molar-refractivity contribution in [3.8, 4) is 22.4 Å². The van der Waals surface area contributed by atoms with Crippen molar-refractivity contribution in [1.29, 1.82) is 0 Å². The number of hydrogen-bond donors (Lipinski definition) is 3. The van der Waals surface area contributed by atoms with Gasteiger partial charge in [-0.25, -0.2) is 4.98 Å². The third-order valence-electron chi connectivity index (χ3n) is 6.87. The number of nitrogens with zero attached hydrogens (tertiary/aromatic N) is 5. The third kappa shape index (κ3) is 5.12. The van der Waals surface area contributed by atoms with E-state index in [0.717, 1.165) is 73.5 Å². The number of benzene rings is 1. The van der Waals surface area contributed by atoms with Crippen LogP contribution in [0.25, 0.3) is 33.4 Å². The summed E-state index contributed by atoms with van der Waals surface area (Å²) in [5.41, 5.74) is 11.7. The lowest BCUT2D eigenvalue weighted by Crippen LogP contribution is -2.45. The van der Waals surface area contributed by atoms with Crippen LogP contribution in [0.1, 0.15) is 23.8 Å². The predicted octanol–water partition coefficient (Wildman–Crippen LogP) is 3.06. The number of carbonyl (C=O) groups is 1. The number of aromatic amines is 1. The normalized spacial score (nSPS) is 14.9. The second-order valence-corrected chi connectivity index (χ2v) is 9.43. The molecule has 0 radical (unpaired) electrons. The van der Waals surface area contributed by atoms with Crippen LogP contribution in [0, 0.1) is 0 Å². The molecule has 1 saturated heterocycles. The number of anilines is 1. The maximum absolute atomic E-state index is 12.9. The first kappa shape index (κ1) is 24.0. The van der Waals surface area contributed by atoms with Gasteiger partial charge in [-0.2, -0.15) is 5.10 Å². The lowest BCUT2D eigenvalue weighted by molar-refractivity contribution is 0.0945. The monoisotopic (exact) mass is 486 g/mol. The number of likely N-dealkylation sites (N-methyl/N-ethyl adjacent to an activating group) is 1. The fourth-order valence-corrected chi connectivity index (χ4v) is 4.69. The molecule has 4 aromatic rings. The lowest BCUT2D eigenvalue weighted by Gasteiger charge is -2.32. The summed E-state index contributed by atoms with van der Waals surface area (Å²) in [7, 11) is 2.16. The minimum atomic E-state index is -0.111. The van der Waals surface area contributed by atoms with Crippen molar-refractivity contribution < 1.29 is 4.79 Å². The van der Waals surface area contributed by atoms with E-state index in [4.69, 9.17) is 10.8 Å². The van der Waals surface area contributed by atoms with Gasteiger partial charge in [0.2, 0.25) is 0 Å². The number of aryl methyl sites for hydroxylation is 1. The lowest BCUT2D eigenvalue weighted by atomic mass is 10.00. The molecule has 0 unspecified atom stereocenters. The first-order chi connectivity index (χ1) is 17.5. The number of pyridine rings is 1. The summed E-state index contributed by atoms with van der Waals surface area (Å²) in [5, 5.41) is 8.76. The van der Waals surface area contributed by atoms with E-state index in [0.29, 0.717) is 23.6 Å². The van der Waals surface area contributed by atoms with E-state index in [2.05, 4.69) is 39.1 Å². The van der Waals surface area contributed by atoms with E-state index in [1.807, 2.05) is 47.3 Å². The summed E-state index contributed by atoms with van der Waals surface area (Å²) >= 11 is 0. The molecule has 36 heavy (non-hydrogen) atoms. The molecule has 0 bridgehead atoms. The topological polar surface area (TPSA) is 108 Å². The Morgan fingerprint density at radius 3 is 2.64 bits per heavy atom. The molecular weight excluding hydrogens is 452 g/mol. The van der Waals surface area contributed by atoms with Crippen LogP contribution in [0.3, 0.4) is 0 Å². The highest BCUT2D eigenvalue weighted by molar-refractivity contribution is 6.03. The highest BCUT2D eigenvalue weighted by Crippen LogP contribution is 2.35. The Bertz CT molecular complexity index is 1330. The zero-order valence-electron chi connectivity index (χ0n) is 21.0. The third-order valence-corrected chi connectivity index (χ3v) is 6.87. The minimum Gasteiger partial charge on any atom is -0.399 e. The number of hydrogen-bond acceptors (Lipinski definition) is 6. The SMILES string of the molecule is CCn1cc(-c2ccnc3[nH]c(C(=O)NCCCN4CCN(C)CC4)cc23)c(-c2ccc(N)cc2)n1. The fraction of sp³-hybridized carbons (Fsp3) is 0.370. The predicted molar refractivity (Wildman–Crippen MR) is 144 cm³/mol. The van der Waals surface area contributed by atoms with Gasteiger partial charge in [0.25, 0.3) is 5.91 Å². The minimum absolute atomic E-state index is 0.111. The molecule has 1 fully saturated rings. The van der Waals surface area contributed by atoms with Gasteiger partial charge in [0.05, 0.1) is 0 Å². The van der Waals surface area contributed by atoms with Crippen molar-refractivity contribution in [3.05, 3.63) is 54.5 Å². The van der Waals surface area contributed by atoms with Gasteiger partial charge in [0.1, 0.15) is 17.0 Å². The molecule has 4 heterocycles. The van der Waals surface area contributed by atoms with Crippen molar-refractivity contribution in [2.45, 2.75) is 19.9 Å². The Hall–Kier alpha value is -3.69. The largest absolute Gasteiger partial charge is 0.399 e. The second-order valence-electron chi connectivity index (χ2n) is 9.43. The average molecular weight is 487 g/mol. The maximum atomic E-state index is 12.9. The molecule has 5 rings (SSSR count). The van der Waals surface area contributed by atoms with Crippen molar-refractivity contribution in [2.24, 2.45) is 0 Å². The van der Waals surface area contributed by atoms with Gasteiger partial charge in [0, 0.05) is 73.9 Å². The average Bonchev–Trinajstić information content (AvgIpc) is 3.53. The molecule has 1 aliphatic rings. The summed E-state index contributed by atoms with van der Waals surface area (Å²) in [6.45, 7) is 8.86. The zero-order valence-corrected chi connectivity index (χ0v) is 21.0. The van der Waals surface area contributed by atoms with E-state index in [1.54, 1.807) is 6.20 Å². The van der Waals surface area contributed by atoms with Gasteiger partial charge >= 0.3 is 0 Å². The molecule has 1 aromatic carbocycles. The molecule has 0 saturated carbocycles. The number of rotatable bonds is 8. The van der Waals surface area contributed by atoms with Crippen LogP contribution < -0.4 is 11.1 Å². The second kappa shape index (κ2) is 10.5. The maximum Gasteiger partial charge on any atom is 0.267 e. The number of aromatic nitrogens is 4. The Labute approximate surface area is 211 Å². The van der Waals surface area contributed by atoms with E-state index < -0.39 is 0 Å². The molecule has 0 aliphatic carbocycles. The number of amides is 1. The quantitative estimate of drug-likeness (QED) is 0.261.